The summed E-state index contributed by atoms with van der Waals surface area (Å²) in [5, 5.41) is 0.580. The van der Waals surface area contributed by atoms with E-state index in [9.17, 15) is 0 Å². The Morgan fingerprint density at radius 1 is 1.09 bits per heavy atom. The smallest absolute Gasteiger partial charge is 0.203 e. The molecule has 0 fully saturated rings. The molecule has 0 saturated carbocycles. The molecular weight excluding hydrogens is 454 g/mol. The first-order chi connectivity index (χ1) is 16.7. The molecule has 0 N–H and O–H groups in total. The monoisotopic (exact) mass is 499 g/mol. The van der Waals surface area contributed by atoms with Gasteiger partial charge < -0.3 is 9.30 Å². The molecule has 2 aromatic rings. The van der Waals surface area contributed by atoms with Crippen LogP contribution in [-0.2, 0) is 11.3 Å². The van der Waals surface area contributed by atoms with Gasteiger partial charge >= 0.3 is 0 Å². The molecule has 5 heteroatoms. The van der Waals surface area contributed by atoms with Crippen molar-refractivity contribution in [3.63, 3.8) is 0 Å². The number of allylic oxidation sites excluding steroid dienone is 8. The number of benzene rings is 1. The topological polar surface area (TPSA) is 39.4 Å². The average molecular weight is 500 g/mol. The highest BCUT2D eigenvalue weighted by molar-refractivity contribution is 6.29. The lowest BCUT2D eigenvalue weighted by Gasteiger charge is -2.04. The molecule has 1 aromatic carbocycles. The molecule has 35 heavy (non-hydrogen) atoms. The Hall–Kier alpha value is -2.85. The molecule has 0 unspecified atom stereocenters. The summed E-state index contributed by atoms with van der Waals surface area (Å²) in [6.07, 6.45) is 15.5. The summed E-state index contributed by atoms with van der Waals surface area (Å²) in [6, 6.07) is 4.26. The summed E-state index contributed by atoms with van der Waals surface area (Å²) in [7, 11) is 1.69. The Bertz CT molecular complexity index is 1000. The predicted molar refractivity (Wildman–Crippen MR) is 159 cm³/mol. The first kappa shape index (κ1) is 34.3. The number of hydrogen-bond acceptors (Lipinski definition) is 3. The van der Waals surface area contributed by atoms with Crippen LogP contribution in [0, 0.1) is 13.8 Å². The van der Waals surface area contributed by atoms with Crippen molar-refractivity contribution in [3.8, 4) is 0 Å². The Morgan fingerprint density at radius 2 is 1.71 bits per heavy atom. The minimum absolute atomic E-state index is 0.547. The zero-order valence-electron chi connectivity index (χ0n) is 23.5. The second-order valence-corrected chi connectivity index (χ2v) is 7.65. The normalized spacial score (nSPS) is 11.3. The summed E-state index contributed by atoms with van der Waals surface area (Å²) < 4.78 is 7.36. The number of rotatable bonds is 7. The molecule has 1 heterocycles. The van der Waals surface area contributed by atoms with Gasteiger partial charge in [0.15, 0.2) is 0 Å². The number of halogens is 1. The molecule has 194 valence electrons. The molecule has 0 aliphatic rings. The van der Waals surface area contributed by atoms with E-state index in [1.165, 1.54) is 11.1 Å². The van der Waals surface area contributed by atoms with Crippen LogP contribution in [0.5, 0.6) is 0 Å². The number of imidazole rings is 1. The maximum absolute atomic E-state index is 6.04. The van der Waals surface area contributed by atoms with Crippen LogP contribution in [0.25, 0.3) is 11.0 Å². The number of aryl methyl sites for hydroxylation is 3. The molecule has 0 aliphatic carbocycles. The summed E-state index contributed by atoms with van der Waals surface area (Å²) in [6.45, 7) is 23.3. The maximum atomic E-state index is 6.04. The quantitative estimate of drug-likeness (QED) is 0.165. The lowest BCUT2D eigenvalue weighted by molar-refractivity contribution is 0.263. The summed E-state index contributed by atoms with van der Waals surface area (Å²) >= 11 is 6.04. The fraction of sp³-hybridized carbons (Fsp3) is 0.400. The Morgan fingerprint density at radius 3 is 2.23 bits per heavy atom. The van der Waals surface area contributed by atoms with Gasteiger partial charge in [0.2, 0.25) is 5.28 Å². The van der Waals surface area contributed by atoms with Gasteiger partial charge in [0.1, 0.15) is 12.4 Å². The Kier molecular flexibility index (Phi) is 21.2. The second kappa shape index (κ2) is 21.7. The Labute approximate surface area is 219 Å². The van der Waals surface area contributed by atoms with Crippen LogP contribution < -0.4 is 0 Å². The molecule has 4 nitrogen and oxygen atoms in total. The van der Waals surface area contributed by atoms with Gasteiger partial charge in [-0.15, -0.1) is 0 Å². The standard InChI is InChI=1S/C13H19NO.C11H13ClN2.C4H8.C2H6/c1-5-6-7-8-9-12(2)11-15-13(3)10-14-4;1-4-14-9-6-7(2)5-8(3)10(9)13-11(14)12;1-3-4-2;1-2/h5-10H,3,11H2,1-2,4H3;5-6H,4H2,1-3H3;3-4H,1-2H3;1-2H3/b6-5-,8-7-,12-9+,14-10?;;4-3+;. The number of fused-ring (bicyclic) bond motifs is 1. The second-order valence-electron chi connectivity index (χ2n) is 7.31. The highest BCUT2D eigenvalue weighted by atomic mass is 35.5. The van der Waals surface area contributed by atoms with Crippen molar-refractivity contribution in [2.75, 3.05) is 13.7 Å². The van der Waals surface area contributed by atoms with Crippen molar-refractivity contribution >= 4 is 28.8 Å². The third-order valence-electron chi connectivity index (χ3n) is 4.35. The van der Waals surface area contributed by atoms with Gasteiger partial charge in [-0.1, -0.05) is 69.0 Å². The highest BCUT2D eigenvalue weighted by Gasteiger charge is 2.09. The molecular formula is C30H46ClN3O. The lowest BCUT2D eigenvalue weighted by Crippen LogP contribution is -1.95. The van der Waals surface area contributed by atoms with Gasteiger partial charge in [-0.2, -0.15) is 0 Å². The van der Waals surface area contributed by atoms with E-state index in [2.05, 4.69) is 49.5 Å². The van der Waals surface area contributed by atoms with Crippen LogP contribution >= 0.6 is 11.6 Å². The van der Waals surface area contributed by atoms with E-state index < -0.39 is 0 Å². The van der Waals surface area contributed by atoms with Crippen molar-refractivity contribution in [2.45, 2.75) is 68.9 Å². The largest absolute Gasteiger partial charge is 0.488 e. The molecule has 0 radical (unpaired) electrons. The van der Waals surface area contributed by atoms with E-state index in [0.29, 0.717) is 17.6 Å². The average Bonchev–Trinajstić information content (AvgIpc) is 3.17. The number of ether oxygens (including phenoxy) is 1. The van der Waals surface area contributed by atoms with Gasteiger partial charge in [0.25, 0.3) is 0 Å². The Balaban J connectivity index is 0. The first-order valence-electron chi connectivity index (χ1n) is 12.1. The molecule has 0 bridgehead atoms. The van der Waals surface area contributed by atoms with Gasteiger partial charge in [-0.3, -0.25) is 4.99 Å². The van der Waals surface area contributed by atoms with Gasteiger partial charge in [0, 0.05) is 13.6 Å². The van der Waals surface area contributed by atoms with E-state index >= 15 is 0 Å². The first-order valence-corrected chi connectivity index (χ1v) is 12.5. The summed E-state index contributed by atoms with van der Waals surface area (Å²) in [4.78, 5) is 8.16. The minimum Gasteiger partial charge on any atom is -0.488 e. The summed E-state index contributed by atoms with van der Waals surface area (Å²) in [5.41, 5.74) is 5.73. The zero-order chi connectivity index (χ0) is 27.2. The van der Waals surface area contributed by atoms with Crippen LogP contribution in [0.4, 0.5) is 0 Å². The maximum Gasteiger partial charge on any atom is 0.203 e. The van der Waals surface area contributed by atoms with Crippen molar-refractivity contribution < 1.29 is 4.74 Å². The molecule has 0 atom stereocenters. The lowest BCUT2D eigenvalue weighted by atomic mass is 10.1. The van der Waals surface area contributed by atoms with Gasteiger partial charge in [-0.25, -0.2) is 4.98 Å². The van der Waals surface area contributed by atoms with Crippen LogP contribution in [0.1, 0.15) is 59.6 Å². The van der Waals surface area contributed by atoms with E-state index in [4.69, 9.17) is 16.3 Å². The van der Waals surface area contributed by atoms with Crippen LogP contribution in [0.15, 0.2) is 77.6 Å². The molecule has 1 aromatic heterocycles. The molecule has 0 aliphatic heterocycles. The van der Waals surface area contributed by atoms with E-state index in [-0.39, 0.29) is 0 Å². The predicted octanol–water partition coefficient (Wildman–Crippen LogP) is 9.23. The SMILES string of the molecule is C/C=C/C.C=C(C=NC)OC/C(C)=C/C=C\C=C/C.CC.CCn1c(Cl)nc2c(C)cc(C)cc21. The molecule has 0 saturated heterocycles. The van der Waals surface area contributed by atoms with Crippen molar-refractivity contribution in [1.29, 1.82) is 0 Å². The number of nitrogens with zero attached hydrogens (tertiary/aromatic N) is 3. The van der Waals surface area contributed by atoms with E-state index in [1.807, 2.05) is 88.6 Å². The van der Waals surface area contributed by atoms with Crippen molar-refractivity contribution in [2.24, 2.45) is 4.99 Å². The fourth-order valence-electron chi connectivity index (χ4n) is 2.67. The van der Waals surface area contributed by atoms with Crippen LogP contribution in [0.3, 0.4) is 0 Å². The number of aromatic nitrogens is 2. The summed E-state index contributed by atoms with van der Waals surface area (Å²) in [5.74, 6) is 0.586. The number of aliphatic imine (C=N–C) groups is 1. The zero-order valence-corrected chi connectivity index (χ0v) is 24.3. The fourth-order valence-corrected chi connectivity index (χ4v) is 2.97. The van der Waals surface area contributed by atoms with Gasteiger partial charge in [-0.05, 0) is 82.8 Å². The van der Waals surface area contributed by atoms with Crippen LogP contribution in [0.2, 0.25) is 5.28 Å². The third kappa shape index (κ3) is 14.9. The molecule has 0 amide bonds. The number of hydrogen-bond donors (Lipinski definition) is 0. The van der Waals surface area contributed by atoms with Gasteiger partial charge in [0.05, 0.1) is 17.2 Å². The van der Waals surface area contributed by atoms with E-state index in [0.717, 1.165) is 23.2 Å². The van der Waals surface area contributed by atoms with E-state index in [1.54, 1.807) is 13.3 Å². The van der Waals surface area contributed by atoms with Crippen molar-refractivity contribution in [3.05, 3.63) is 89.0 Å². The third-order valence-corrected chi connectivity index (χ3v) is 4.63. The molecule has 0 spiro atoms. The van der Waals surface area contributed by atoms with Crippen LogP contribution in [-0.4, -0.2) is 29.4 Å². The highest BCUT2D eigenvalue weighted by Crippen LogP contribution is 2.23. The molecule has 2 rings (SSSR count). The van der Waals surface area contributed by atoms with Crippen molar-refractivity contribution in [1.82, 2.24) is 9.55 Å². The minimum atomic E-state index is 0.547.